The zero-order valence-corrected chi connectivity index (χ0v) is 9.86. The number of rotatable bonds is 2. The van der Waals surface area contributed by atoms with Crippen molar-refractivity contribution in [2.45, 2.75) is 18.1 Å². The zero-order chi connectivity index (χ0) is 15.2. The number of nitrogens with two attached hydrogens (primary N) is 1. The molecule has 1 nitrogen and oxygen atoms in total. The number of halogens is 10. The summed E-state index contributed by atoms with van der Waals surface area (Å²) in [6.45, 7) is 0. The summed E-state index contributed by atoms with van der Waals surface area (Å²) in [5, 5.41) is 0. The summed E-state index contributed by atoms with van der Waals surface area (Å²) in [5.41, 5.74) is 2.21. The maximum atomic E-state index is 13.0. The molecule has 1 aromatic carbocycles. The molecule has 0 aliphatic carbocycles. The summed E-state index contributed by atoms with van der Waals surface area (Å²) in [5.74, 6) is -14.9. The summed E-state index contributed by atoms with van der Waals surface area (Å²) in [6, 6.07) is -3.97. The van der Waals surface area contributed by atoms with Crippen LogP contribution in [0.5, 0.6) is 0 Å². The van der Waals surface area contributed by atoms with Crippen molar-refractivity contribution in [3.8, 4) is 0 Å². The first-order valence-corrected chi connectivity index (χ1v) is 4.44. The van der Waals surface area contributed by atoms with E-state index in [4.69, 9.17) is 0 Å². The second-order valence-electron chi connectivity index (χ2n) is 3.48. The van der Waals surface area contributed by atoms with Gasteiger partial charge >= 0.3 is 12.1 Å². The molecule has 0 bridgehead atoms. The first kappa shape index (κ1) is 18.8. The maximum absolute atomic E-state index is 13.0. The molecule has 0 heterocycles. The van der Waals surface area contributed by atoms with Crippen LogP contribution in [0, 0.1) is 23.3 Å². The van der Waals surface area contributed by atoms with Crippen LogP contribution in [0.4, 0.5) is 39.5 Å². The fourth-order valence-electron chi connectivity index (χ4n) is 1.22. The molecule has 0 fully saturated rings. The minimum Gasteiger partial charge on any atom is -0.319 e. The molecule has 20 heavy (non-hydrogen) atoms. The van der Waals surface area contributed by atoms with Crippen LogP contribution in [0.3, 0.4) is 0 Å². The molecule has 2 N–H and O–H groups in total. The van der Waals surface area contributed by atoms with E-state index in [0.717, 1.165) is 0 Å². The highest BCUT2D eigenvalue weighted by atomic mass is 35.5. The van der Waals surface area contributed by atoms with Crippen LogP contribution in [-0.4, -0.2) is 12.1 Å². The highest BCUT2D eigenvalue weighted by Crippen LogP contribution is 2.44. The molecule has 0 amide bonds. The van der Waals surface area contributed by atoms with Gasteiger partial charge < -0.3 is 5.73 Å². The maximum Gasteiger partial charge on any atom is 0.455 e. The topological polar surface area (TPSA) is 26.0 Å². The van der Waals surface area contributed by atoms with E-state index < -0.39 is 47.0 Å². The Morgan fingerprint density at radius 3 is 1.50 bits per heavy atom. The molecule has 0 saturated heterocycles. The lowest BCUT2D eigenvalue weighted by Gasteiger charge is -2.26. The lowest BCUT2D eigenvalue weighted by atomic mass is 9.99. The quantitative estimate of drug-likeness (QED) is 0.645. The average molecular weight is 334 g/mol. The van der Waals surface area contributed by atoms with Gasteiger partial charge in [-0.05, 0) is 0 Å². The van der Waals surface area contributed by atoms with E-state index in [-0.39, 0.29) is 18.5 Å². The molecule has 116 valence electrons. The predicted octanol–water partition coefficient (Wildman–Crippen LogP) is 3.86. The zero-order valence-electron chi connectivity index (χ0n) is 9.04. The Morgan fingerprint density at radius 1 is 0.850 bits per heavy atom. The Morgan fingerprint density at radius 2 is 1.20 bits per heavy atom. The van der Waals surface area contributed by atoms with Gasteiger partial charge in [-0.2, -0.15) is 22.0 Å². The monoisotopic (exact) mass is 333 g/mol. The van der Waals surface area contributed by atoms with Crippen LogP contribution in [0.25, 0.3) is 0 Å². The van der Waals surface area contributed by atoms with Gasteiger partial charge in [0.15, 0.2) is 23.3 Å². The van der Waals surface area contributed by atoms with Crippen LogP contribution in [0.15, 0.2) is 6.07 Å². The van der Waals surface area contributed by atoms with Crippen molar-refractivity contribution >= 4 is 12.4 Å². The largest absolute Gasteiger partial charge is 0.455 e. The number of benzene rings is 1. The second-order valence-corrected chi connectivity index (χ2v) is 3.48. The molecule has 0 aliphatic heterocycles. The predicted molar refractivity (Wildman–Crippen MR) is 51.5 cm³/mol. The molecule has 11 heteroatoms. The van der Waals surface area contributed by atoms with Crippen LogP contribution >= 0.6 is 12.4 Å². The van der Waals surface area contributed by atoms with Crippen molar-refractivity contribution in [3.05, 3.63) is 34.9 Å². The molecule has 1 aromatic rings. The Hall–Kier alpha value is -1.16. The third-order valence-electron chi connectivity index (χ3n) is 2.23. The molecular weight excluding hydrogens is 329 g/mol. The fourth-order valence-corrected chi connectivity index (χ4v) is 1.22. The third kappa shape index (κ3) is 2.95. The lowest BCUT2D eigenvalue weighted by Crippen LogP contribution is -2.46. The minimum absolute atomic E-state index is 0. The van der Waals surface area contributed by atoms with Gasteiger partial charge in [-0.15, -0.1) is 12.4 Å². The lowest BCUT2D eigenvalue weighted by molar-refractivity contribution is -0.291. The van der Waals surface area contributed by atoms with Gasteiger partial charge in [-0.25, -0.2) is 17.6 Å². The Bertz CT molecular complexity index is 473. The molecule has 1 rings (SSSR count). The fraction of sp³-hybridized carbons (Fsp3) is 0.333. The molecule has 0 spiro atoms. The molecular formula is C9H5ClF9N. The average Bonchev–Trinajstić information content (AvgIpc) is 2.25. The SMILES string of the molecule is Cl.N[C@H](c1c(F)c(F)cc(F)c1F)C(F)(F)C(F)(F)F. The molecule has 0 aromatic heterocycles. The van der Waals surface area contributed by atoms with Gasteiger partial charge in [0, 0.05) is 6.07 Å². The second kappa shape index (κ2) is 5.68. The molecule has 0 saturated carbocycles. The van der Waals surface area contributed by atoms with Gasteiger partial charge in [0.1, 0.15) is 6.04 Å². The van der Waals surface area contributed by atoms with Crippen LogP contribution in [0.1, 0.15) is 11.6 Å². The molecule has 0 aliphatic rings. The van der Waals surface area contributed by atoms with Crippen molar-refractivity contribution < 1.29 is 39.5 Å². The number of hydrogen-bond donors (Lipinski definition) is 1. The summed E-state index contributed by atoms with van der Waals surface area (Å²) >= 11 is 0. The summed E-state index contributed by atoms with van der Waals surface area (Å²) in [4.78, 5) is 0. The molecule has 1 atom stereocenters. The van der Waals surface area contributed by atoms with Crippen molar-refractivity contribution in [1.29, 1.82) is 0 Å². The highest BCUT2D eigenvalue weighted by molar-refractivity contribution is 5.85. The van der Waals surface area contributed by atoms with Crippen molar-refractivity contribution in [2.24, 2.45) is 5.73 Å². The van der Waals surface area contributed by atoms with E-state index in [2.05, 4.69) is 5.73 Å². The van der Waals surface area contributed by atoms with E-state index in [1.165, 1.54) is 0 Å². The number of hydrogen-bond acceptors (Lipinski definition) is 1. The van der Waals surface area contributed by atoms with E-state index >= 15 is 0 Å². The van der Waals surface area contributed by atoms with Gasteiger partial charge in [-0.1, -0.05) is 0 Å². The van der Waals surface area contributed by atoms with E-state index in [1.54, 1.807) is 0 Å². The van der Waals surface area contributed by atoms with E-state index in [9.17, 15) is 39.5 Å². The first-order chi connectivity index (χ1) is 8.41. The Balaban J connectivity index is 0.00000361. The van der Waals surface area contributed by atoms with Crippen molar-refractivity contribution in [2.75, 3.05) is 0 Å². The third-order valence-corrected chi connectivity index (χ3v) is 2.23. The van der Waals surface area contributed by atoms with Crippen LogP contribution < -0.4 is 5.73 Å². The van der Waals surface area contributed by atoms with Crippen molar-refractivity contribution in [1.82, 2.24) is 0 Å². The minimum atomic E-state index is -6.24. The standard InChI is InChI=1S/C9H4F9N.ClH/c10-2-1-3(11)6(13)4(5(2)12)7(19)8(14,15)9(16,17)18;/h1,7H,19H2;1H/t7-;/m1./s1. The summed E-state index contributed by atoms with van der Waals surface area (Å²) in [7, 11) is 0. The smallest absolute Gasteiger partial charge is 0.319 e. The van der Waals surface area contributed by atoms with Crippen molar-refractivity contribution in [3.63, 3.8) is 0 Å². The van der Waals surface area contributed by atoms with Gasteiger partial charge in [-0.3, -0.25) is 0 Å². The Kier molecular flexibility index (Phi) is 5.35. The van der Waals surface area contributed by atoms with Gasteiger partial charge in [0.25, 0.3) is 0 Å². The summed E-state index contributed by atoms with van der Waals surface area (Å²) < 4.78 is 113. The molecule has 0 unspecified atom stereocenters. The first-order valence-electron chi connectivity index (χ1n) is 4.44. The Labute approximate surface area is 112 Å². The van der Waals surface area contributed by atoms with E-state index in [1.807, 2.05) is 0 Å². The van der Waals surface area contributed by atoms with Gasteiger partial charge in [0.2, 0.25) is 0 Å². The summed E-state index contributed by atoms with van der Waals surface area (Å²) in [6.07, 6.45) is -6.24. The highest BCUT2D eigenvalue weighted by Gasteiger charge is 2.62. The van der Waals surface area contributed by atoms with Gasteiger partial charge in [0.05, 0.1) is 5.56 Å². The van der Waals surface area contributed by atoms with E-state index in [0.29, 0.717) is 0 Å². The van der Waals surface area contributed by atoms with Crippen LogP contribution in [0.2, 0.25) is 0 Å². The molecule has 0 radical (unpaired) electrons. The normalized spacial score (nSPS) is 13.9. The number of alkyl halides is 5. The van der Waals surface area contributed by atoms with Crippen LogP contribution in [-0.2, 0) is 0 Å².